The molecule has 0 atom stereocenters. The van der Waals surface area contributed by atoms with E-state index in [-0.39, 0.29) is 18.1 Å². The molecule has 2 aromatic carbocycles. The van der Waals surface area contributed by atoms with Gasteiger partial charge in [0.25, 0.3) is 0 Å². The van der Waals surface area contributed by atoms with E-state index in [4.69, 9.17) is 21.1 Å². The van der Waals surface area contributed by atoms with Crippen LogP contribution >= 0.6 is 11.6 Å². The number of carbonyl (C=O) groups excluding carboxylic acids is 1. The fraction of sp³-hybridized carbons (Fsp3) is 0.364. The van der Waals surface area contributed by atoms with Crippen LogP contribution in [0.4, 0.5) is 0 Å². The molecule has 0 radical (unpaired) electrons. The third-order valence-electron chi connectivity index (χ3n) is 4.82. The van der Waals surface area contributed by atoms with E-state index in [1.807, 2.05) is 24.5 Å². The number of benzene rings is 2. The Labute approximate surface area is 192 Å². The Balaban J connectivity index is 1.76. The molecule has 0 saturated heterocycles. The maximum absolute atomic E-state index is 12.4. The second-order valence-electron chi connectivity index (χ2n) is 7.50. The number of aryl methyl sites for hydroxylation is 2. The second-order valence-corrected chi connectivity index (χ2v) is 10.1. The Hall–Kier alpha value is -2.62. The van der Waals surface area contributed by atoms with Gasteiger partial charge in [0.15, 0.2) is 6.61 Å². The van der Waals surface area contributed by atoms with Crippen molar-refractivity contribution < 1.29 is 22.7 Å². The van der Waals surface area contributed by atoms with Gasteiger partial charge in [-0.25, -0.2) is 22.5 Å². The SMILES string of the molecule is CCCn1c(COC(=O)COc2cc(C)ccc2Cl)nc2cc(S(=O)(=O)N(C)C)ccc21. The third-order valence-corrected chi connectivity index (χ3v) is 6.94. The van der Waals surface area contributed by atoms with Crippen molar-refractivity contribution in [1.82, 2.24) is 13.9 Å². The first kappa shape index (κ1) is 24.0. The fourth-order valence-corrected chi connectivity index (χ4v) is 4.25. The topological polar surface area (TPSA) is 90.7 Å². The molecule has 0 N–H and O–H groups in total. The molecule has 10 heteroatoms. The van der Waals surface area contributed by atoms with E-state index >= 15 is 0 Å². The number of nitrogens with zero attached hydrogens (tertiary/aromatic N) is 3. The van der Waals surface area contributed by atoms with Gasteiger partial charge < -0.3 is 14.0 Å². The van der Waals surface area contributed by atoms with Crippen LogP contribution < -0.4 is 4.74 Å². The molecule has 0 saturated carbocycles. The summed E-state index contributed by atoms with van der Waals surface area (Å²) in [6.07, 6.45) is 0.832. The molecular formula is C22H26ClN3O5S. The molecule has 1 aromatic heterocycles. The Morgan fingerprint density at radius 1 is 1.19 bits per heavy atom. The normalized spacial score (nSPS) is 11.8. The zero-order chi connectivity index (χ0) is 23.5. The van der Waals surface area contributed by atoms with Crippen LogP contribution in [-0.2, 0) is 32.7 Å². The summed E-state index contributed by atoms with van der Waals surface area (Å²) < 4.78 is 38.8. The van der Waals surface area contributed by atoms with E-state index in [9.17, 15) is 13.2 Å². The van der Waals surface area contributed by atoms with Crippen molar-refractivity contribution in [3.8, 4) is 5.75 Å². The van der Waals surface area contributed by atoms with E-state index in [1.165, 1.54) is 20.2 Å². The van der Waals surface area contributed by atoms with Crippen LogP contribution in [0.15, 0.2) is 41.3 Å². The summed E-state index contributed by atoms with van der Waals surface area (Å²) in [6.45, 7) is 4.22. The van der Waals surface area contributed by atoms with Gasteiger partial charge in [-0.1, -0.05) is 24.6 Å². The van der Waals surface area contributed by atoms with Gasteiger partial charge in [-0.15, -0.1) is 0 Å². The first-order chi connectivity index (χ1) is 15.1. The fourth-order valence-electron chi connectivity index (χ4n) is 3.16. The molecule has 8 nitrogen and oxygen atoms in total. The number of rotatable bonds is 9. The number of hydrogen-bond acceptors (Lipinski definition) is 6. The van der Waals surface area contributed by atoms with Crippen LogP contribution in [0.25, 0.3) is 11.0 Å². The highest BCUT2D eigenvalue weighted by atomic mass is 35.5. The van der Waals surface area contributed by atoms with Crippen molar-refractivity contribution in [2.45, 2.75) is 38.3 Å². The van der Waals surface area contributed by atoms with Gasteiger partial charge in [0.2, 0.25) is 10.0 Å². The zero-order valence-corrected chi connectivity index (χ0v) is 20.0. The Bertz CT molecular complexity index is 1240. The molecule has 1 heterocycles. The number of halogens is 1. The minimum Gasteiger partial charge on any atom is -0.480 e. The molecule has 0 aliphatic rings. The number of sulfonamides is 1. The van der Waals surface area contributed by atoms with Crippen molar-refractivity contribution in [3.63, 3.8) is 0 Å². The quantitative estimate of drug-likeness (QED) is 0.434. The number of ether oxygens (including phenoxy) is 2. The lowest BCUT2D eigenvalue weighted by molar-refractivity contribution is -0.147. The molecule has 0 aliphatic carbocycles. The van der Waals surface area contributed by atoms with E-state index < -0.39 is 16.0 Å². The maximum Gasteiger partial charge on any atom is 0.344 e. The van der Waals surface area contributed by atoms with Gasteiger partial charge >= 0.3 is 5.97 Å². The van der Waals surface area contributed by atoms with Crippen LogP contribution in [0.5, 0.6) is 5.75 Å². The van der Waals surface area contributed by atoms with E-state index in [1.54, 1.807) is 24.3 Å². The number of hydrogen-bond donors (Lipinski definition) is 0. The first-order valence-corrected chi connectivity index (χ1v) is 11.9. The summed E-state index contributed by atoms with van der Waals surface area (Å²) in [5, 5.41) is 0.414. The van der Waals surface area contributed by atoms with Crippen molar-refractivity contribution in [1.29, 1.82) is 0 Å². The van der Waals surface area contributed by atoms with E-state index in [0.29, 0.717) is 28.7 Å². The third kappa shape index (κ3) is 5.23. The van der Waals surface area contributed by atoms with Crippen LogP contribution in [0.2, 0.25) is 5.02 Å². The van der Waals surface area contributed by atoms with Gasteiger partial charge in [0.1, 0.15) is 18.2 Å². The number of esters is 1. The van der Waals surface area contributed by atoms with Crippen molar-refractivity contribution in [2.24, 2.45) is 0 Å². The van der Waals surface area contributed by atoms with Crippen LogP contribution in [0, 0.1) is 6.92 Å². The highest BCUT2D eigenvalue weighted by Crippen LogP contribution is 2.25. The molecule has 0 spiro atoms. The number of fused-ring (bicyclic) bond motifs is 1. The minimum absolute atomic E-state index is 0.0613. The van der Waals surface area contributed by atoms with Gasteiger partial charge in [0.05, 0.1) is 21.0 Å². The van der Waals surface area contributed by atoms with Crippen LogP contribution in [-0.4, -0.2) is 48.9 Å². The summed E-state index contributed by atoms with van der Waals surface area (Å²) in [4.78, 5) is 16.9. The summed E-state index contributed by atoms with van der Waals surface area (Å²) in [5.41, 5.74) is 2.26. The van der Waals surface area contributed by atoms with Gasteiger partial charge in [-0.3, -0.25) is 0 Å². The maximum atomic E-state index is 12.4. The lowest BCUT2D eigenvalue weighted by Gasteiger charge is -2.11. The smallest absolute Gasteiger partial charge is 0.344 e. The number of imidazole rings is 1. The summed E-state index contributed by atoms with van der Waals surface area (Å²) in [7, 11) is -0.622. The molecule has 0 fully saturated rings. The predicted molar refractivity (Wildman–Crippen MR) is 122 cm³/mol. The molecule has 3 aromatic rings. The summed E-state index contributed by atoms with van der Waals surface area (Å²) in [5.74, 6) is 0.383. The monoisotopic (exact) mass is 479 g/mol. The highest BCUT2D eigenvalue weighted by Gasteiger charge is 2.20. The molecule has 0 aliphatic heterocycles. The lowest BCUT2D eigenvalue weighted by Crippen LogP contribution is -2.22. The largest absolute Gasteiger partial charge is 0.480 e. The Morgan fingerprint density at radius 2 is 1.94 bits per heavy atom. The summed E-state index contributed by atoms with van der Waals surface area (Å²) >= 11 is 6.08. The molecule has 32 heavy (non-hydrogen) atoms. The lowest BCUT2D eigenvalue weighted by atomic mass is 10.2. The Kier molecular flexibility index (Phi) is 7.43. The molecule has 0 amide bonds. The van der Waals surface area contributed by atoms with Crippen molar-refractivity contribution in [3.05, 3.63) is 52.8 Å². The standard InChI is InChI=1S/C22H26ClN3O5S/c1-5-10-26-19-9-7-16(32(28,29)25(3)4)12-18(19)24-21(26)13-31-22(27)14-30-20-11-15(2)6-8-17(20)23/h6-9,11-12H,5,10,13-14H2,1-4H3. The summed E-state index contributed by atoms with van der Waals surface area (Å²) in [6, 6.07) is 10.1. The van der Waals surface area contributed by atoms with E-state index in [0.717, 1.165) is 21.8 Å². The van der Waals surface area contributed by atoms with Crippen LogP contribution in [0.3, 0.4) is 0 Å². The zero-order valence-electron chi connectivity index (χ0n) is 18.5. The number of carbonyl (C=O) groups is 1. The Morgan fingerprint density at radius 3 is 2.62 bits per heavy atom. The van der Waals surface area contributed by atoms with Gasteiger partial charge in [-0.2, -0.15) is 0 Å². The highest BCUT2D eigenvalue weighted by molar-refractivity contribution is 7.89. The van der Waals surface area contributed by atoms with Crippen LogP contribution in [0.1, 0.15) is 24.7 Å². The van der Waals surface area contributed by atoms with Crippen molar-refractivity contribution >= 4 is 38.6 Å². The van der Waals surface area contributed by atoms with Crippen molar-refractivity contribution in [2.75, 3.05) is 20.7 Å². The van der Waals surface area contributed by atoms with Gasteiger partial charge in [0, 0.05) is 20.6 Å². The average Bonchev–Trinajstić information content (AvgIpc) is 3.09. The number of aromatic nitrogens is 2. The first-order valence-electron chi connectivity index (χ1n) is 10.1. The molecule has 0 unspecified atom stereocenters. The molecule has 172 valence electrons. The molecule has 0 bridgehead atoms. The predicted octanol–water partition coefficient (Wildman–Crippen LogP) is 3.78. The molecular weight excluding hydrogens is 454 g/mol. The minimum atomic E-state index is -3.58. The van der Waals surface area contributed by atoms with Gasteiger partial charge in [-0.05, 0) is 49.2 Å². The second kappa shape index (κ2) is 9.89. The molecule has 3 rings (SSSR count). The average molecular weight is 480 g/mol. The van der Waals surface area contributed by atoms with E-state index in [2.05, 4.69) is 4.98 Å².